The predicted octanol–water partition coefficient (Wildman–Crippen LogP) is 4.98. The van der Waals surface area contributed by atoms with Crippen LogP contribution < -0.4 is 4.90 Å². The standard InChI is InChI=1S/C23H33N3/c1-25(2)16-18-11-8-12-20(18)21-14-13-19(26(3)4)15-22(21)23(24)17-9-6-5-7-10-17/h8,11,13-15,17,24H,5-7,9-10,12,16H2,1-4H3. The molecule has 0 unspecified atom stereocenters. The van der Waals surface area contributed by atoms with Crippen molar-refractivity contribution < 1.29 is 0 Å². The van der Waals surface area contributed by atoms with Crippen molar-refractivity contribution in [1.82, 2.24) is 4.90 Å². The van der Waals surface area contributed by atoms with E-state index in [9.17, 15) is 0 Å². The predicted molar refractivity (Wildman–Crippen MR) is 113 cm³/mol. The molecule has 3 heteroatoms. The van der Waals surface area contributed by atoms with Crippen LogP contribution in [0, 0.1) is 11.3 Å². The lowest BCUT2D eigenvalue weighted by atomic mass is 9.81. The zero-order valence-corrected chi connectivity index (χ0v) is 16.8. The molecule has 1 aromatic rings. The number of allylic oxidation sites excluding steroid dienone is 2. The Balaban J connectivity index is 2.03. The maximum absolute atomic E-state index is 9.00. The summed E-state index contributed by atoms with van der Waals surface area (Å²) in [4.78, 5) is 4.37. The Morgan fingerprint density at radius 2 is 1.81 bits per heavy atom. The summed E-state index contributed by atoms with van der Waals surface area (Å²) < 4.78 is 0. The summed E-state index contributed by atoms with van der Waals surface area (Å²) in [7, 11) is 8.40. The number of hydrogen-bond acceptors (Lipinski definition) is 3. The molecule has 0 aromatic heterocycles. The summed E-state index contributed by atoms with van der Waals surface area (Å²) in [5, 5.41) is 9.00. The maximum Gasteiger partial charge on any atom is 0.0423 e. The summed E-state index contributed by atoms with van der Waals surface area (Å²) in [5.41, 5.74) is 7.26. The van der Waals surface area contributed by atoms with Gasteiger partial charge < -0.3 is 15.2 Å². The third-order valence-corrected chi connectivity index (χ3v) is 5.66. The molecule has 0 spiro atoms. The summed E-state index contributed by atoms with van der Waals surface area (Å²) in [6, 6.07) is 6.69. The molecule has 0 radical (unpaired) electrons. The summed E-state index contributed by atoms with van der Waals surface area (Å²) in [5.74, 6) is 0.423. The third kappa shape index (κ3) is 4.09. The van der Waals surface area contributed by atoms with Crippen LogP contribution in [-0.2, 0) is 0 Å². The summed E-state index contributed by atoms with van der Waals surface area (Å²) in [6.07, 6.45) is 11.7. The highest BCUT2D eigenvalue weighted by molar-refractivity contribution is 6.05. The van der Waals surface area contributed by atoms with Gasteiger partial charge in [0.05, 0.1) is 0 Å². The SMILES string of the molecule is CN(C)CC1=C(c2ccc(N(C)C)cc2C(=N)C2CCCCC2)CC=C1. The minimum absolute atomic E-state index is 0.423. The van der Waals surface area contributed by atoms with Crippen LogP contribution in [0.4, 0.5) is 5.69 Å². The number of benzene rings is 1. The Labute approximate surface area is 158 Å². The molecule has 3 rings (SSSR count). The molecule has 2 aliphatic rings. The number of anilines is 1. The van der Waals surface area contributed by atoms with Gasteiger partial charge in [-0.1, -0.05) is 37.5 Å². The highest BCUT2D eigenvalue weighted by Gasteiger charge is 2.24. The molecule has 1 aromatic carbocycles. The molecule has 1 saturated carbocycles. The van der Waals surface area contributed by atoms with Crippen LogP contribution in [0.3, 0.4) is 0 Å². The van der Waals surface area contributed by atoms with Gasteiger partial charge in [-0.25, -0.2) is 0 Å². The monoisotopic (exact) mass is 351 g/mol. The highest BCUT2D eigenvalue weighted by Crippen LogP contribution is 2.36. The lowest BCUT2D eigenvalue weighted by molar-refractivity contribution is 0.438. The van der Waals surface area contributed by atoms with Gasteiger partial charge in [0, 0.05) is 43.5 Å². The number of rotatable bonds is 6. The van der Waals surface area contributed by atoms with Crippen molar-refractivity contribution in [2.45, 2.75) is 38.5 Å². The van der Waals surface area contributed by atoms with E-state index >= 15 is 0 Å². The second-order valence-corrected chi connectivity index (χ2v) is 8.22. The van der Waals surface area contributed by atoms with E-state index in [0.717, 1.165) is 24.2 Å². The van der Waals surface area contributed by atoms with Crippen molar-refractivity contribution in [3.63, 3.8) is 0 Å². The molecule has 3 nitrogen and oxygen atoms in total. The zero-order chi connectivity index (χ0) is 18.7. The molecular weight excluding hydrogens is 318 g/mol. The van der Waals surface area contributed by atoms with E-state index in [0.29, 0.717) is 5.92 Å². The lowest BCUT2D eigenvalue weighted by Gasteiger charge is -2.26. The third-order valence-electron chi connectivity index (χ3n) is 5.66. The summed E-state index contributed by atoms with van der Waals surface area (Å²) >= 11 is 0. The van der Waals surface area contributed by atoms with E-state index < -0.39 is 0 Å². The quantitative estimate of drug-likeness (QED) is 0.733. The second-order valence-electron chi connectivity index (χ2n) is 8.22. The van der Waals surface area contributed by atoms with Crippen molar-refractivity contribution in [2.24, 2.45) is 5.92 Å². The Morgan fingerprint density at radius 1 is 1.08 bits per heavy atom. The largest absolute Gasteiger partial charge is 0.378 e. The van der Waals surface area contributed by atoms with Crippen LogP contribution in [0.1, 0.15) is 49.7 Å². The first-order valence-corrected chi connectivity index (χ1v) is 9.91. The fourth-order valence-electron chi connectivity index (χ4n) is 4.23. The van der Waals surface area contributed by atoms with Gasteiger partial charge in [-0.3, -0.25) is 0 Å². The Morgan fingerprint density at radius 3 is 2.46 bits per heavy atom. The minimum atomic E-state index is 0.423. The second kappa shape index (κ2) is 8.22. The normalized spacial score (nSPS) is 18.0. The number of hydrogen-bond donors (Lipinski definition) is 1. The fourth-order valence-corrected chi connectivity index (χ4v) is 4.23. The highest BCUT2D eigenvalue weighted by atomic mass is 15.1. The molecule has 140 valence electrons. The van der Waals surface area contributed by atoms with Crippen molar-refractivity contribution >= 4 is 17.0 Å². The smallest absolute Gasteiger partial charge is 0.0423 e. The fraction of sp³-hybridized carbons (Fsp3) is 0.522. The first kappa shape index (κ1) is 18.9. The van der Waals surface area contributed by atoms with Crippen LogP contribution in [0.25, 0.3) is 5.57 Å². The molecule has 0 amide bonds. The van der Waals surface area contributed by atoms with Crippen LogP contribution in [0.5, 0.6) is 0 Å². The van der Waals surface area contributed by atoms with Gasteiger partial charge in [0.25, 0.3) is 0 Å². The molecule has 26 heavy (non-hydrogen) atoms. The van der Waals surface area contributed by atoms with Gasteiger partial charge in [-0.2, -0.15) is 0 Å². The van der Waals surface area contributed by atoms with Crippen LogP contribution in [0.2, 0.25) is 0 Å². The van der Waals surface area contributed by atoms with E-state index in [4.69, 9.17) is 5.41 Å². The molecule has 2 aliphatic carbocycles. The molecule has 1 fully saturated rings. The van der Waals surface area contributed by atoms with Crippen molar-refractivity contribution in [1.29, 1.82) is 5.41 Å². The average molecular weight is 352 g/mol. The minimum Gasteiger partial charge on any atom is -0.378 e. The van der Waals surface area contributed by atoms with E-state index in [1.807, 2.05) is 0 Å². The Bertz CT molecular complexity index is 719. The molecule has 0 bridgehead atoms. The molecule has 0 atom stereocenters. The van der Waals surface area contributed by atoms with Crippen molar-refractivity contribution in [2.75, 3.05) is 39.6 Å². The Hall–Kier alpha value is -1.87. The average Bonchev–Trinajstić information content (AvgIpc) is 3.08. The van der Waals surface area contributed by atoms with Gasteiger partial charge in [0.15, 0.2) is 0 Å². The molecule has 0 aliphatic heterocycles. The van der Waals surface area contributed by atoms with Crippen LogP contribution in [0.15, 0.2) is 35.9 Å². The Kier molecular flexibility index (Phi) is 5.98. The van der Waals surface area contributed by atoms with Gasteiger partial charge in [-0.15, -0.1) is 0 Å². The van der Waals surface area contributed by atoms with Gasteiger partial charge >= 0.3 is 0 Å². The lowest BCUT2D eigenvalue weighted by Crippen LogP contribution is -2.20. The summed E-state index contributed by atoms with van der Waals surface area (Å²) in [6.45, 7) is 0.956. The molecule has 0 saturated heterocycles. The van der Waals surface area contributed by atoms with E-state index in [1.54, 1.807) is 0 Å². The number of nitrogens with zero attached hydrogens (tertiary/aromatic N) is 2. The van der Waals surface area contributed by atoms with E-state index in [-0.39, 0.29) is 0 Å². The van der Waals surface area contributed by atoms with E-state index in [1.165, 1.54) is 54.5 Å². The van der Waals surface area contributed by atoms with Gasteiger partial charge in [0.2, 0.25) is 0 Å². The zero-order valence-electron chi connectivity index (χ0n) is 16.8. The first-order chi connectivity index (χ1) is 12.5. The van der Waals surface area contributed by atoms with Gasteiger partial charge in [-0.05, 0) is 62.2 Å². The van der Waals surface area contributed by atoms with Crippen LogP contribution in [-0.4, -0.2) is 45.3 Å². The topological polar surface area (TPSA) is 30.3 Å². The molecule has 0 heterocycles. The first-order valence-electron chi connectivity index (χ1n) is 9.91. The molecule has 1 N–H and O–H groups in total. The van der Waals surface area contributed by atoms with Gasteiger partial charge in [0.1, 0.15) is 0 Å². The number of likely N-dealkylation sites (N-methyl/N-ethyl adjacent to an activating group) is 1. The van der Waals surface area contributed by atoms with Crippen molar-refractivity contribution in [3.8, 4) is 0 Å². The maximum atomic E-state index is 9.00. The van der Waals surface area contributed by atoms with Crippen molar-refractivity contribution in [3.05, 3.63) is 47.1 Å². The number of nitrogens with one attached hydrogen (secondary N) is 1. The molecular formula is C23H33N3. The van der Waals surface area contributed by atoms with E-state index in [2.05, 4.69) is 68.3 Å². The van der Waals surface area contributed by atoms with Crippen LogP contribution >= 0.6 is 0 Å².